The highest BCUT2D eigenvalue weighted by molar-refractivity contribution is 6.03. The number of aryl methyl sites for hydroxylation is 2. The number of nitrogens with zero attached hydrogens (tertiary/aromatic N) is 2. The van der Waals surface area contributed by atoms with Crippen LogP contribution in [0, 0.1) is 13.8 Å². The van der Waals surface area contributed by atoms with E-state index in [1.54, 1.807) is 6.20 Å². The lowest BCUT2D eigenvalue weighted by molar-refractivity contribution is 0.102. The smallest absolute Gasteiger partial charge is 0.275 e. The van der Waals surface area contributed by atoms with Gasteiger partial charge in [0, 0.05) is 11.7 Å². The molecule has 2 aromatic rings. The van der Waals surface area contributed by atoms with E-state index in [2.05, 4.69) is 34.4 Å². The van der Waals surface area contributed by atoms with Gasteiger partial charge in [-0.05, 0) is 38.8 Å². The van der Waals surface area contributed by atoms with E-state index in [0.29, 0.717) is 17.6 Å². The molecule has 0 saturated carbocycles. The van der Waals surface area contributed by atoms with E-state index in [1.165, 1.54) is 6.20 Å². The molecule has 1 atom stereocenters. The Morgan fingerprint density at radius 3 is 2.59 bits per heavy atom. The Hall–Kier alpha value is -2.43. The third-order valence-electron chi connectivity index (χ3n) is 3.52. The van der Waals surface area contributed by atoms with Crippen LogP contribution in [0.3, 0.4) is 0 Å². The van der Waals surface area contributed by atoms with Crippen LogP contribution in [0.5, 0.6) is 0 Å². The van der Waals surface area contributed by atoms with Crippen molar-refractivity contribution < 1.29 is 4.79 Å². The molecule has 5 nitrogen and oxygen atoms in total. The zero-order valence-electron chi connectivity index (χ0n) is 13.5. The predicted octanol–water partition coefficient (Wildman–Crippen LogP) is 3.56. The van der Waals surface area contributed by atoms with Crippen molar-refractivity contribution in [3.8, 4) is 0 Å². The molecule has 0 aliphatic rings. The van der Waals surface area contributed by atoms with E-state index in [-0.39, 0.29) is 5.91 Å². The molecule has 1 aromatic carbocycles. The second-order valence-electron chi connectivity index (χ2n) is 5.51. The maximum atomic E-state index is 12.2. The summed E-state index contributed by atoms with van der Waals surface area (Å²) in [6, 6.07) is 6.21. The van der Waals surface area contributed by atoms with Gasteiger partial charge in [0.05, 0.1) is 12.4 Å². The molecular formula is C17H22N4O. The Kier molecular flexibility index (Phi) is 5.09. The highest BCUT2D eigenvalue weighted by Gasteiger charge is 2.10. The van der Waals surface area contributed by atoms with E-state index in [1.807, 2.05) is 32.0 Å². The lowest BCUT2D eigenvalue weighted by Gasteiger charge is -2.12. The molecule has 0 aliphatic carbocycles. The van der Waals surface area contributed by atoms with Gasteiger partial charge in [-0.15, -0.1) is 0 Å². The number of hydrogen-bond donors (Lipinski definition) is 2. The van der Waals surface area contributed by atoms with E-state index >= 15 is 0 Å². The first-order chi connectivity index (χ1) is 10.5. The molecule has 0 bridgehead atoms. The lowest BCUT2D eigenvalue weighted by Crippen LogP contribution is -2.17. The second-order valence-corrected chi connectivity index (χ2v) is 5.51. The van der Waals surface area contributed by atoms with Crippen molar-refractivity contribution in [3.63, 3.8) is 0 Å². The summed E-state index contributed by atoms with van der Waals surface area (Å²) in [4.78, 5) is 20.6. The van der Waals surface area contributed by atoms with Crippen molar-refractivity contribution in [2.24, 2.45) is 0 Å². The molecule has 0 radical (unpaired) electrons. The summed E-state index contributed by atoms with van der Waals surface area (Å²) in [7, 11) is 0. The van der Waals surface area contributed by atoms with Crippen LogP contribution in [-0.4, -0.2) is 21.9 Å². The SMILES string of the molecule is CCC(C)Nc1cnc(C(=O)Nc2ccc(C)cc2C)cn1. The Balaban J connectivity index is 2.06. The van der Waals surface area contributed by atoms with Crippen LogP contribution in [0.1, 0.15) is 41.9 Å². The van der Waals surface area contributed by atoms with Gasteiger partial charge >= 0.3 is 0 Å². The number of anilines is 2. The quantitative estimate of drug-likeness (QED) is 0.885. The van der Waals surface area contributed by atoms with Crippen molar-refractivity contribution >= 4 is 17.4 Å². The summed E-state index contributed by atoms with van der Waals surface area (Å²) in [5, 5.41) is 6.08. The standard InChI is InChI=1S/C17H22N4O/c1-5-13(4)20-16-10-18-15(9-19-16)17(22)21-14-7-6-11(2)8-12(14)3/h6-10,13H,5H2,1-4H3,(H,19,20)(H,21,22). The minimum Gasteiger partial charge on any atom is -0.366 e. The number of rotatable bonds is 5. The van der Waals surface area contributed by atoms with Gasteiger partial charge < -0.3 is 10.6 Å². The molecule has 1 heterocycles. The Morgan fingerprint density at radius 1 is 1.23 bits per heavy atom. The first-order valence-corrected chi connectivity index (χ1v) is 7.46. The van der Waals surface area contributed by atoms with Crippen molar-refractivity contribution in [1.82, 2.24) is 9.97 Å². The molecule has 2 N–H and O–H groups in total. The normalized spacial score (nSPS) is 11.8. The summed E-state index contributed by atoms with van der Waals surface area (Å²) < 4.78 is 0. The monoisotopic (exact) mass is 298 g/mol. The fourth-order valence-electron chi connectivity index (χ4n) is 2.01. The van der Waals surface area contributed by atoms with Crippen LogP contribution in [-0.2, 0) is 0 Å². The summed E-state index contributed by atoms with van der Waals surface area (Å²) >= 11 is 0. The maximum Gasteiger partial charge on any atom is 0.275 e. The van der Waals surface area contributed by atoms with E-state index in [9.17, 15) is 4.79 Å². The summed E-state index contributed by atoms with van der Waals surface area (Å²) in [5.74, 6) is 0.423. The van der Waals surface area contributed by atoms with Crippen molar-refractivity contribution in [3.05, 3.63) is 47.4 Å². The number of carbonyl (C=O) groups excluding carboxylic acids is 1. The number of nitrogens with one attached hydrogen (secondary N) is 2. The molecular weight excluding hydrogens is 276 g/mol. The van der Waals surface area contributed by atoms with Gasteiger partial charge in [-0.3, -0.25) is 4.79 Å². The predicted molar refractivity (Wildman–Crippen MR) is 89.3 cm³/mol. The van der Waals surface area contributed by atoms with Gasteiger partial charge in [0.2, 0.25) is 0 Å². The first kappa shape index (κ1) is 15.9. The molecule has 0 aliphatic heterocycles. The third kappa shape index (κ3) is 4.04. The molecule has 0 fully saturated rings. The van der Waals surface area contributed by atoms with E-state index in [0.717, 1.165) is 23.2 Å². The van der Waals surface area contributed by atoms with Gasteiger partial charge in [0.25, 0.3) is 5.91 Å². The topological polar surface area (TPSA) is 66.9 Å². The Bertz CT molecular complexity index is 652. The summed E-state index contributed by atoms with van der Waals surface area (Å²) in [6.45, 7) is 8.15. The second kappa shape index (κ2) is 7.02. The van der Waals surface area contributed by atoms with Crippen LogP contribution in [0.15, 0.2) is 30.6 Å². The van der Waals surface area contributed by atoms with Gasteiger partial charge in [0.1, 0.15) is 11.5 Å². The van der Waals surface area contributed by atoms with E-state index in [4.69, 9.17) is 0 Å². The fraction of sp³-hybridized carbons (Fsp3) is 0.353. The number of carbonyl (C=O) groups is 1. The number of amides is 1. The Morgan fingerprint density at radius 2 is 2.00 bits per heavy atom. The molecule has 1 amide bonds. The maximum absolute atomic E-state index is 12.2. The number of benzene rings is 1. The number of hydrogen-bond acceptors (Lipinski definition) is 4. The highest BCUT2D eigenvalue weighted by Crippen LogP contribution is 2.16. The fourth-order valence-corrected chi connectivity index (χ4v) is 2.01. The highest BCUT2D eigenvalue weighted by atomic mass is 16.1. The zero-order valence-corrected chi connectivity index (χ0v) is 13.5. The van der Waals surface area contributed by atoms with Crippen LogP contribution in [0.2, 0.25) is 0 Å². The molecule has 116 valence electrons. The minimum absolute atomic E-state index is 0.255. The molecule has 2 rings (SSSR count). The van der Waals surface area contributed by atoms with Crippen molar-refractivity contribution in [2.45, 2.75) is 40.2 Å². The molecule has 22 heavy (non-hydrogen) atoms. The van der Waals surface area contributed by atoms with Gasteiger partial charge in [-0.1, -0.05) is 24.6 Å². The lowest BCUT2D eigenvalue weighted by atomic mass is 10.1. The number of aromatic nitrogens is 2. The van der Waals surface area contributed by atoms with E-state index < -0.39 is 0 Å². The largest absolute Gasteiger partial charge is 0.366 e. The molecule has 5 heteroatoms. The Labute approximate surface area is 131 Å². The van der Waals surface area contributed by atoms with Gasteiger partial charge in [-0.2, -0.15) is 0 Å². The molecule has 0 saturated heterocycles. The van der Waals surface area contributed by atoms with Gasteiger partial charge in [0.15, 0.2) is 0 Å². The minimum atomic E-state index is -0.255. The van der Waals surface area contributed by atoms with Crippen molar-refractivity contribution in [1.29, 1.82) is 0 Å². The van der Waals surface area contributed by atoms with Crippen LogP contribution in [0.25, 0.3) is 0 Å². The summed E-state index contributed by atoms with van der Waals surface area (Å²) in [6.07, 6.45) is 4.07. The first-order valence-electron chi connectivity index (χ1n) is 7.46. The van der Waals surface area contributed by atoms with Gasteiger partial charge in [-0.25, -0.2) is 9.97 Å². The van der Waals surface area contributed by atoms with Crippen LogP contribution >= 0.6 is 0 Å². The van der Waals surface area contributed by atoms with Crippen LogP contribution in [0.4, 0.5) is 11.5 Å². The summed E-state index contributed by atoms with van der Waals surface area (Å²) in [5.41, 5.74) is 3.28. The van der Waals surface area contributed by atoms with Crippen LogP contribution < -0.4 is 10.6 Å². The zero-order chi connectivity index (χ0) is 16.1. The molecule has 0 spiro atoms. The third-order valence-corrected chi connectivity index (χ3v) is 3.52. The molecule has 1 aromatic heterocycles. The average Bonchev–Trinajstić information content (AvgIpc) is 2.50. The molecule has 1 unspecified atom stereocenters. The average molecular weight is 298 g/mol. The van der Waals surface area contributed by atoms with Crippen molar-refractivity contribution in [2.75, 3.05) is 10.6 Å².